The summed E-state index contributed by atoms with van der Waals surface area (Å²) in [6.07, 6.45) is 16.4. The Kier molecular flexibility index (Phi) is 3.63. The number of allylic oxidation sites excluding steroid dienone is 5. The Morgan fingerprint density at radius 2 is 2.06 bits per heavy atom. The van der Waals surface area contributed by atoms with Crippen molar-refractivity contribution in [2.45, 2.75) is 45.6 Å². The van der Waals surface area contributed by atoms with Crippen molar-refractivity contribution >= 4 is 0 Å². The molecule has 1 unspecified atom stereocenters. The van der Waals surface area contributed by atoms with Crippen LogP contribution in [-0.2, 0) is 4.74 Å². The molecule has 0 aromatic heterocycles. The molecule has 0 N–H and O–H groups in total. The molecule has 0 aromatic rings. The minimum Gasteiger partial charge on any atom is -0.373 e. The average molecular weight is 244 g/mol. The van der Waals surface area contributed by atoms with Gasteiger partial charge in [0.15, 0.2) is 0 Å². The second-order valence-corrected chi connectivity index (χ2v) is 6.25. The Labute approximate surface area is 111 Å². The third kappa shape index (κ3) is 2.51. The molecule has 0 saturated carbocycles. The lowest BCUT2D eigenvalue weighted by Gasteiger charge is -2.42. The SMILES string of the molecule is COC1(CC2=CCC=C2)CC=CC=C1C(C)(C)C. The topological polar surface area (TPSA) is 9.23 Å². The van der Waals surface area contributed by atoms with Gasteiger partial charge in [-0.25, -0.2) is 0 Å². The summed E-state index contributed by atoms with van der Waals surface area (Å²) in [5, 5.41) is 0. The van der Waals surface area contributed by atoms with Crippen LogP contribution in [0, 0.1) is 5.41 Å². The zero-order valence-corrected chi connectivity index (χ0v) is 12.0. The highest BCUT2D eigenvalue weighted by atomic mass is 16.5. The summed E-state index contributed by atoms with van der Waals surface area (Å²) in [5.74, 6) is 0. The molecule has 0 fully saturated rings. The lowest BCUT2D eigenvalue weighted by Crippen LogP contribution is -2.40. The zero-order valence-electron chi connectivity index (χ0n) is 12.0. The summed E-state index contributed by atoms with van der Waals surface area (Å²) in [6.45, 7) is 6.81. The number of rotatable bonds is 3. The van der Waals surface area contributed by atoms with Crippen molar-refractivity contribution in [2.75, 3.05) is 7.11 Å². The van der Waals surface area contributed by atoms with Crippen molar-refractivity contribution in [3.63, 3.8) is 0 Å². The second kappa shape index (κ2) is 4.89. The van der Waals surface area contributed by atoms with Crippen LogP contribution in [0.3, 0.4) is 0 Å². The van der Waals surface area contributed by atoms with E-state index in [-0.39, 0.29) is 11.0 Å². The van der Waals surface area contributed by atoms with Crippen molar-refractivity contribution in [3.05, 3.63) is 47.6 Å². The van der Waals surface area contributed by atoms with Gasteiger partial charge in [-0.2, -0.15) is 0 Å². The first-order valence-corrected chi connectivity index (χ1v) is 6.76. The normalized spacial score (nSPS) is 27.3. The average Bonchev–Trinajstić information content (AvgIpc) is 2.81. The summed E-state index contributed by atoms with van der Waals surface area (Å²) in [5.41, 5.74) is 2.79. The van der Waals surface area contributed by atoms with E-state index in [0.717, 1.165) is 19.3 Å². The van der Waals surface area contributed by atoms with E-state index < -0.39 is 0 Å². The smallest absolute Gasteiger partial charge is 0.0970 e. The summed E-state index contributed by atoms with van der Waals surface area (Å²) in [4.78, 5) is 0. The van der Waals surface area contributed by atoms with Gasteiger partial charge in [0, 0.05) is 13.5 Å². The Balaban J connectivity index is 2.32. The minimum absolute atomic E-state index is 0.143. The molecule has 1 nitrogen and oxygen atoms in total. The van der Waals surface area contributed by atoms with Gasteiger partial charge in [0.25, 0.3) is 0 Å². The summed E-state index contributed by atoms with van der Waals surface area (Å²) in [7, 11) is 1.85. The van der Waals surface area contributed by atoms with E-state index in [1.54, 1.807) is 0 Å². The van der Waals surface area contributed by atoms with Crippen LogP contribution in [0.2, 0.25) is 0 Å². The van der Waals surface area contributed by atoms with Crippen LogP contribution in [0.5, 0.6) is 0 Å². The molecule has 0 aliphatic heterocycles. The van der Waals surface area contributed by atoms with Crippen LogP contribution in [0.1, 0.15) is 40.0 Å². The molecule has 0 spiro atoms. The van der Waals surface area contributed by atoms with Crippen LogP contribution >= 0.6 is 0 Å². The fourth-order valence-electron chi connectivity index (χ4n) is 3.02. The van der Waals surface area contributed by atoms with Gasteiger partial charge in [-0.05, 0) is 29.4 Å². The largest absolute Gasteiger partial charge is 0.373 e. The fourth-order valence-corrected chi connectivity index (χ4v) is 3.02. The standard InChI is InChI=1S/C17H24O/c1-16(2,3)15-11-7-8-12-17(15,18-4)13-14-9-5-6-10-14/h5,7-11H,6,12-13H2,1-4H3. The van der Waals surface area contributed by atoms with E-state index in [1.165, 1.54) is 11.1 Å². The lowest BCUT2D eigenvalue weighted by atomic mass is 9.70. The first kappa shape index (κ1) is 13.4. The molecule has 0 radical (unpaired) electrons. The Bertz CT molecular complexity index is 429. The summed E-state index contributed by atoms with van der Waals surface area (Å²) >= 11 is 0. The molecule has 1 atom stereocenters. The van der Waals surface area contributed by atoms with Gasteiger partial charge >= 0.3 is 0 Å². The van der Waals surface area contributed by atoms with Crippen LogP contribution in [0.25, 0.3) is 0 Å². The molecule has 0 bridgehead atoms. The molecule has 2 rings (SSSR count). The Hall–Kier alpha value is -1.08. The lowest BCUT2D eigenvalue weighted by molar-refractivity contribution is 0.0100. The number of hydrogen-bond donors (Lipinski definition) is 0. The fraction of sp³-hybridized carbons (Fsp3) is 0.529. The molecule has 2 aliphatic rings. The zero-order chi connectivity index (χ0) is 13.2. The summed E-state index contributed by atoms with van der Waals surface area (Å²) in [6, 6.07) is 0. The van der Waals surface area contributed by atoms with Crippen LogP contribution < -0.4 is 0 Å². The van der Waals surface area contributed by atoms with Gasteiger partial charge in [0.05, 0.1) is 5.60 Å². The molecular weight excluding hydrogens is 220 g/mol. The van der Waals surface area contributed by atoms with Gasteiger partial charge in [-0.3, -0.25) is 0 Å². The van der Waals surface area contributed by atoms with Crippen molar-refractivity contribution in [1.82, 2.24) is 0 Å². The minimum atomic E-state index is -0.159. The molecule has 0 saturated heterocycles. The monoisotopic (exact) mass is 244 g/mol. The van der Waals surface area contributed by atoms with Crippen molar-refractivity contribution in [2.24, 2.45) is 5.41 Å². The predicted molar refractivity (Wildman–Crippen MR) is 77.5 cm³/mol. The van der Waals surface area contributed by atoms with Gasteiger partial charge in [0.2, 0.25) is 0 Å². The van der Waals surface area contributed by atoms with Gasteiger partial charge in [-0.1, -0.05) is 57.2 Å². The predicted octanol–water partition coefficient (Wildman–Crippen LogP) is 4.58. The molecule has 0 aromatic carbocycles. The maximum atomic E-state index is 5.99. The molecule has 0 heterocycles. The van der Waals surface area contributed by atoms with Gasteiger partial charge < -0.3 is 4.74 Å². The van der Waals surface area contributed by atoms with Gasteiger partial charge in [0.1, 0.15) is 0 Å². The Morgan fingerprint density at radius 3 is 2.61 bits per heavy atom. The van der Waals surface area contributed by atoms with E-state index in [1.807, 2.05) is 7.11 Å². The highest BCUT2D eigenvalue weighted by Crippen LogP contribution is 2.44. The molecular formula is C17H24O. The first-order valence-electron chi connectivity index (χ1n) is 6.76. The van der Waals surface area contributed by atoms with Crippen LogP contribution in [-0.4, -0.2) is 12.7 Å². The third-order valence-corrected chi connectivity index (χ3v) is 3.87. The van der Waals surface area contributed by atoms with Crippen LogP contribution in [0.4, 0.5) is 0 Å². The van der Waals surface area contributed by atoms with Crippen molar-refractivity contribution < 1.29 is 4.74 Å². The maximum absolute atomic E-state index is 5.99. The highest BCUT2D eigenvalue weighted by Gasteiger charge is 2.40. The number of ether oxygens (including phenoxy) is 1. The quantitative estimate of drug-likeness (QED) is 0.706. The molecule has 1 heteroatoms. The van der Waals surface area contributed by atoms with Gasteiger partial charge in [-0.15, -0.1) is 0 Å². The highest BCUT2D eigenvalue weighted by molar-refractivity contribution is 5.38. The van der Waals surface area contributed by atoms with Crippen LogP contribution in [0.15, 0.2) is 47.6 Å². The van der Waals surface area contributed by atoms with E-state index in [4.69, 9.17) is 4.74 Å². The number of hydrogen-bond acceptors (Lipinski definition) is 1. The van der Waals surface area contributed by atoms with E-state index >= 15 is 0 Å². The van der Waals surface area contributed by atoms with Crippen molar-refractivity contribution in [3.8, 4) is 0 Å². The molecule has 0 amide bonds. The maximum Gasteiger partial charge on any atom is 0.0970 e. The van der Waals surface area contributed by atoms with E-state index in [9.17, 15) is 0 Å². The van der Waals surface area contributed by atoms with E-state index in [2.05, 4.69) is 57.2 Å². The molecule has 98 valence electrons. The summed E-state index contributed by atoms with van der Waals surface area (Å²) < 4.78 is 5.99. The first-order chi connectivity index (χ1) is 8.48. The van der Waals surface area contributed by atoms with E-state index in [0.29, 0.717) is 0 Å². The molecule has 18 heavy (non-hydrogen) atoms. The second-order valence-electron chi connectivity index (χ2n) is 6.25. The Morgan fingerprint density at radius 1 is 1.28 bits per heavy atom. The molecule has 2 aliphatic carbocycles. The van der Waals surface area contributed by atoms with Crippen molar-refractivity contribution in [1.29, 1.82) is 0 Å². The third-order valence-electron chi connectivity index (χ3n) is 3.87. The number of methoxy groups -OCH3 is 1.